The minimum absolute atomic E-state index is 0.0152. The van der Waals surface area contributed by atoms with Gasteiger partial charge in [0.15, 0.2) is 0 Å². The average molecular weight is 505 g/mol. The molecule has 0 bridgehead atoms. The number of fused-ring (bicyclic) bond motifs is 2. The number of benzene rings is 2. The van der Waals surface area contributed by atoms with Crippen molar-refractivity contribution < 1.29 is 18.3 Å². The Morgan fingerprint density at radius 3 is 2.72 bits per heavy atom. The summed E-state index contributed by atoms with van der Waals surface area (Å²) in [6.07, 6.45) is 2.27. The Hall–Kier alpha value is -4.14. The molecule has 0 unspecified atom stereocenters. The van der Waals surface area contributed by atoms with Crippen molar-refractivity contribution in [2.24, 2.45) is 0 Å². The number of hydrogen-bond donors (Lipinski definition) is 3. The molecule has 0 saturated carbocycles. The van der Waals surface area contributed by atoms with Crippen LogP contribution in [0.1, 0.15) is 39.3 Å². The van der Waals surface area contributed by atoms with Crippen molar-refractivity contribution in [1.29, 1.82) is 5.26 Å². The number of anilines is 1. The monoisotopic (exact) mass is 504 g/mol. The highest BCUT2D eigenvalue weighted by Crippen LogP contribution is 2.30. The van der Waals surface area contributed by atoms with Crippen LogP contribution in [0.2, 0.25) is 0 Å². The molecular formula is C25H24N6O4S. The van der Waals surface area contributed by atoms with E-state index in [2.05, 4.69) is 20.9 Å². The molecule has 5 rings (SSSR count). The molecule has 2 aromatic heterocycles. The number of aromatic nitrogens is 3. The van der Waals surface area contributed by atoms with Crippen LogP contribution in [0.3, 0.4) is 0 Å². The number of aromatic amines is 1. The largest absolute Gasteiger partial charge is 0.390 e. The molecule has 10 nitrogen and oxygen atoms in total. The smallest absolute Gasteiger partial charge is 0.261 e. The standard InChI is InChI=1S/C25H24N6O4S/c1-16-3-8-22(24-23(16)18(12-26)13-27-24)29-36(34,35)21-6-4-17(5-7-21)25(33)30-9-2-10-31-20(14-30)11-19(15-32)28-31/h3-8,11,13,27,29,32H,2,9-10,14-15H2,1H3. The predicted octanol–water partition coefficient (Wildman–Crippen LogP) is 2.88. The Labute approximate surface area is 207 Å². The highest BCUT2D eigenvalue weighted by Gasteiger charge is 2.23. The van der Waals surface area contributed by atoms with Gasteiger partial charge in [-0.1, -0.05) is 6.07 Å². The van der Waals surface area contributed by atoms with Crippen molar-refractivity contribution in [3.8, 4) is 6.07 Å². The van der Waals surface area contributed by atoms with Gasteiger partial charge in [0.2, 0.25) is 0 Å². The van der Waals surface area contributed by atoms with Gasteiger partial charge in [-0.2, -0.15) is 10.4 Å². The second-order valence-electron chi connectivity index (χ2n) is 8.71. The summed E-state index contributed by atoms with van der Waals surface area (Å²) in [5.74, 6) is -0.206. The van der Waals surface area contributed by atoms with E-state index in [1.54, 1.807) is 29.3 Å². The lowest BCUT2D eigenvalue weighted by molar-refractivity contribution is 0.0745. The molecule has 1 aliphatic rings. The molecule has 0 atom stereocenters. The normalized spacial score (nSPS) is 13.8. The SMILES string of the molecule is Cc1ccc(NS(=O)(=O)c2ccc(C(=O)N3CCCn4nc(CO)cc4C3)cc2)c2[nH]cc(C#N)c12. The summed E-state index contributed by atoms with van der Waals surface area (Å²) in [7, 11) is -3.94. The maximum Gasteiger partial charge on any atom is 0.261 e. The molecular weight excluding hydrogens is 480 g/mol. The van der Waals surface area contributed by atoms with E-state index in [4.69, 9.17) is 0 Å². The number of rotatable bonds is 5. The number of aliphatic hydroxyl groups is 1. The highest BCUT2D eigenvalue weighted by atomic mass is 32.2. The summed E-state index contributed by atoms with van der Waals surface area (Å²) in [5, 5.41) is 23.7. The van der Waals surface area contributed by atoms with Gasteiger partial charge in [0.05, 0.1) is 46.2 Å². The molecule has 3 heterocycles. The van der Waals surface area contributed by atoms with Crippen molar-refractivity contribution in [3.05, 3.63) is 76.7 Å². The molecule has 36 heavy (non-hydrogen) atoms. The third-order valence-corrected chi connectivity index (χ3v) is 7.72. The summed E-state index contributed by atoms with van der Waals surface area (Å²) in [6.45, 7) is 3.26. The van der Waals surface area contributed by atoms with Gasteiger partial charge in [-0.05, 0) is 55.3 Å². The minimum atomic E-state index is -3.94. The van der Waals surface area contributed by atoms with Crippen molar-refractivity contribution in [3.63, 3.8) is 0 Å². The fourth-order valence-electron chi connectivity index (χ4n) is 4.53. The summed E-state index contributed by atoms with van der Waals surface area (Å²) >= 11 is 0. The number of carbonyl (C=O) groups excluding carboxylic acids is 1. The molecule has 1 amide bonds. The quantitative estimate of drug-likeness (QED) is 0.381. The minimum Gasteiger partial charge on any atom is -0.390 e. The van der Waals surface area contributed by atoms with Crippen LogP contribution >= 0.6 is 0 Å². The van der Waals surface area contributed by atoms with E-state index in [0.717, 1.165) is 17.7 Å². The van der Waals surface area contributed by atoms with E-state index in [9.17, 15) is 23.6 Å². The van der Waals surface area contributed by atoms with Gasteiger partial charge in [-0.25, -0.2) is 8.42 Å². The van der Waals surface area contributed by atoms with Crippen LogP contribution in [0, 0.1) is 18.3 Å². The summed E-state index contributed by atoms with van der Waals surface area (Å²) in [4.78, 5) is 17.8. The van der Waals surface area contributed by atoms with Crippen LogP contribution < -0.4 is 4.72 Å². The molecule has 0 radical (unpaired) electrons. The molecule has 11 heteroatoms. The van der Waals surface area contributed by atoms with Crippen molar-refractivity contribution in [2.75, 3.05) is 11.3 Å². The Bertz CT molecular complexity index is 1610. The molecule has 184 valence electrons. The molecule has 3 N–H and O–H groups in total. The Balaban J connectivity index is 1.36. The first-order valence-corrected chi connectivity index (χ1v) is 12.9. The van der Waals surface area contributed by atoms with E-state index in [-0.39, 0.29) is 17.4 Å². The number of amides is 1. The van der Waals surface area contributed by atoms with Crippen molar-refractivity contribution in [2.45, 2.75) is 37.9 Å². The third kappa shape index (κ3) is 4.21. The second-order valence-corrected chi connectivity index (χ2v) is 10.4. The zero-order valence-corrected chi connectivity index (χ0v) is 20.3. The van der Waals surface area contributed by atoms with E-state index in [1.165, 1.54) is 24.3 Å². The fourth-order valence-corrected chi connectivity index (χ4v) is 5.60. The van der Waals surface area contributed by atoms with Gasteiger partial charge >= 0.3 is 0 Å². The number of nitriles is 1. The van der Waals surface area contributed by atoms with Crippen LogP contribution in [0.15, 0.2) is 53.6 Å². The van der Waals surface area contributed by atoms with E-state index >= 15 is 0 Å². The molecule has 0 aliphatic carbocycles. The number of aryl methyl sites for hydroxylation is 2. The molecule has 2 aromatic carbocycles. The lowest BCUT2D eigenvalue weighted by atomic mass is 10.1. The number of nitrogens with zero attached hydrogens (tertiary/aromatic N) is 4. The lowest BCUT2D eigenvalue weighted by Crippen LogP contribution is -2.30. The van der Waals surface area contributed by atoms with E-state index in [0.29, 0.717) is 53.0 Å². The molecule has 0 saturated heterocycles. The lowest BCUT2D eigenvalue weighted by Gasteiger charge is -2.20. The number of hydrogen-bond acceptors (Lipinski definition) is 6. The Morgan fingerprint density at radius 2 is 2.00 bits per heavy atom. The van der Waals surface area contributed by atoms with Crippen molar-refractivity contribution >= 4 is 32.5 Å². The second kappa shape index (κ2) is 9.14. The van der Waals surface area contributed by atoms with Crippen LogP contribution in [-0.4, -0.2) is 45.6 Å². The van der Waals surface area contributed by atoms with Gasteiger partial charge in [0.1, 0.15) is 6.07 Å². The molecule has 4 aromatic rings. The number of aliphatic hydroxyl groups excluding tert-OH is 1. The molecule has 1 aliphatic heterocycles. The summed E-state index contributed by atoms with van der Waals surface area (Å²) in [5.41, 5.74) is 3.96. The fraction of sp³-hybridized carbons (Fsp3) is 0.240. The van der Waals surface area contributed by atoms with Crippen molar-refractivity contribution in [1.82, 2.24) is 19.7 Å². The van der Waals surface area contributed by atoms with Gasteiger partial charge in [0.25, 0.3) is 15.9 Å². The third-order valence-electron chi connectivity index (χ3n) is 6.33. The topological polar surface area (TPSA) is 144 Å². The average Bonchev–Trinajstić information content (AvgIpc) is 3.44. The van der Waals surface area contributed by atoms with Gasteiger partial charge in [-0.3, -0.25) is 14.2 Å². The number of H-pyrrole nitrogens is 1. The maximum atomic E-state index is 13.2. The number of carbonyl (C=O) groups is 1. The highest BCUT2D eigenvalue weighted by molar-refractivity contribution is 7.92. The first-order chi connectivity index (χ1) is 17.3. The van der Waals surface area contributed by atoms with Crippen LogP contribution in [0.4, 0.5) is 5.69 Å². The van der Waals surface area contributed by atoms with Crippen LogP contribution in [-0.2, 0) is 29.7 Å². The van der Waals surface area contributed by atoms with Gasteiger partial charge in [-0.15, -0.1) is 0 Å². The van der Waals surface area contributed by atoms with E-state index in [1.807, 2.05) is 11.6 Å². The molecule has 0 fully saturated rings. The zero-order valence-electron chi connectivity index (χ0n) is 19.5. The number of sulfonamides is 1. The van der Waals surface area contributed by atoms with Crippen LogP contribution in [0.25, 0.3) is 10.9 Å². The predicted molar refractivity (Wildman–Crippen MR) is 133 cm³/mol. The van der Waals surface area contributed by atoms with Gasteiger partial charge in [0, 0.05) is 30.2 Å². The molecule has 0 spiro atoms. The van der Waals surface area contributed by atoms with Crippen LogP contribution in [0.5, 0.6) is 0 Å². The number of nitrogens with one attached hydrogen (secondary N) is 2. The Kier molecular flexibility index (Phi) is 5.99. The van der Waals surface area contributed by atoms with E-state index < -0.39 is 10.0 Å². The first-order valence-electron chi connectivity index (χ1n) is 11.4. The Morgan fingerprint density at radius 1 is 1.22 bits per heavy atom. The van der Waals surface area contributed by atoms with Gasteiger partial charge < -0.3 is 15.0 Å². The zero-order chi connectivity index (χ0) is 25.4. The maximum absolute atomic E-state index is 13.2. The summed E-state index contributed by atoms with van der Waals surface area (Å²) in [6, 6.07) is 13.1. The summed E-state index contributed by atoms with van der Waals surface area (Å²) < 4.78 is 30.6. The first kappa shape index (κ1) is 23.6.